The smallest absolute Gasteiger partial charge is 0.160 e. The Balaban J connectivity index is 2.77. The Labute approximate surface area is 82.5 Å². The number of anilines is 1. The van der Waals surface area contributed by atoms with Crippen LogP contribution in [0.5, 0.6) is 0 Å². The molecule has 0 aliphatic carbocycles. The van der Waals surface area contributed by atoms with E-state index in [2.05, 4.69) is 18.4 Å². The van der Waals surface area contributed by atoms with E-state index in [-0.39, 0.29) is 0 Å². The largest absolute Gasteiger partial charge is 0.360 e. The molecule has 0 saturated carbocycles. The van der Waals surface area contributed by atoms with Crippen LogP contribution in [-0.4, -0.2) is 19.4 Å². The third-order valence-electron chi connectivity index (χ3n) is 1.77. The van der Waals surface area contributed by atoms with Crippen LogP contribution in [0.2, 0.25) is 0 Å². The van der Waals surface area contributed by atoms with Gasteiger partial charge in [0.1, 0.15) is 0 Å². The van der Waals surface area contributed by atoms with Gasteiger partial charge in [-0.05, 0) is 19.1 Å². The molecule has 0 fully saturated rings. The second-order valence-electron chi connectivity index (χ2n) is 2.62. The van der Waals surface area contributed by atoms with Gasteiger partial charge in [0.05, 0.1) is 9.88 Å². The van der Waals surface area contributed by atoms with Crippen LogP contribution in [0.3, 0.4) is 0 Å². The van der Waals surface area contributed by atoms with E-state index in [9.17, 15) is 4.79 Å². The molecule has 13 heavy (non-hydrogen) atoms. The number of carbonyl (C=O) groups excluding carboxylic acids is 1. The minimum absolute atomic E-state index is 0.775. The average molecular weight is 195 g/mol. The molecule has 0 N–H and O–H groups in total. The summed E-state index contributed by atoms with van der Waals surface area (Å²) >= 11 is 1.52. The third-order valence-corrected chi connectivity index (χ3v) is 2.84. The normalized spacial score (nSPS) is 9.62. The quantitative estimate of drug-likeness (QED) is 0.531. The Bertz CT molecular complexity index is 293. The Morgan fingerprint density at radius 1 is 1.62 bits per heavy atom. The average Bonchev–Trinajstić information content (AvgIpc) is 2.62. The number of rotatable bonds is 5. The maximum atomic E-state index is 10.5. The maximum absolute atomic E-state index is 10.5. The van der Waals surface area contributed by atoms with Crippen LogP contribution in [0.4, 0.5) is 5.00 Å². The fraction of sp³-hybridized carbons (Fsp3) is 0.300. The van der Waals surface area contributed by atoms with E-state index < -0.39 is 0 Å². The molecule has 70 valence electrons. The van der Waals surface area contributed by atoms with Gasteiger partial charge in [0.25, 0.3) is 0 Å². The predicted octanol–water partition coefficient (Wildman–Crippen LogP) is 2.57. The molecule has 0 atom stereocenters. The van der Waals surface area contributed by atoms with Gasteiger partial charge in [-0.2, -0.15) is 0 Å². The van der Waals surface area contributed by atoms with Gasteiger partial charge in [-0.1, -0.05) is 6.08 Å². The third kappa shape index (κ3) is 2.42. The fourth-order valence-electron chi connectivity index (χ4n) is 1.11. The zero-order chi connectivity index (χ0) is 9.68. The fourth-order valence-corrected chi connectivity index (χ4v) is 2.00. The number of hydrogen-bond donors (Lipinski definition) is 0. The molecule has 0 amide bonds. The van der Waals surface area contributed by atoms with Crippen LogP contribution in [0.1, 0.15) is 16.6 Å². The highest BCUT2D eigenvalue weighted by Gasteiger charge is 2.04. The summed E-state index contributed by atoms with van der Waals surface area (Å²) in [5.74, 6) is 0. The second-order valence-corrected chi connectivity index (χ2v) is 3.71. The van der Waals surface area contributed by atoms with Crippen LogP contribution in [-0.2, 0) is 0 Å². The SMILES string of the molecule is C=CCN(CC)c1ccc(C=O)s1. The van der Waals surface area contributed by atoms with E-state index in [1.807, 2.05) is 18.2 Å². The summed E-state index contributed by atoms with van der Waals surface area (Å²) in [6.07, 6.45) is 2.75. The lowest BCUT2D eigenvalue weighted by Gasteiger charge is -2.18. The summed E-state index contributed by atoms with van der Waals surface area (Å²) < 4.78 is 0. The first-order chi connectivity index (χ1) is 6.31. The summed E-state index contributed by atoms with van der Waals surface area (Å²) in [5.41, 5.74) is 0. The summed E-state index contributed by atoms with van der Waals surface area (Å²) in [7, 11) is 0. The van der Waals surface area contributed by atoms with E-state index >= 15 is 0 Å². The molecule has 1 aromatic heterocycles. The lowest BCUT2D eigenvalue weighted by atomic mass is 10.4. The van der Waals surface area contributed by atoms with Crippen molar-refractivity contribution in [1.82, 2.24) is 0 Å². The van der Waals surface area contributed by atoms with Crippen molar-refractivity contribution in [1.29, 1.82) is 0 Å². The van der Waals surface area contributed by atoms with E-state index in [0.29, 0.717) is 0 Å². The van der Waals surface area contributed by atoms with Gasteiger partial charge < -0.3 is 4.90 Å². The highest BCUT2D eigenvalue weighted by Crippen LogP contribution is 2.24. The van der Waals surface area contributed by atoms with E-state index in [4.69, 9.17) is 0 Å². The van der Waals surface area contributed by atoms with Crippen molar-refractivity contribution in [2.24, 2.45) is 0 Å². The zero-order valence-electron chi connectivity index (χ0n) is 7.69. The van der Waals surface area contributed by atoms with Crippen LogP contribution < -0.4 is 4.90 Å². The number of thiophene rings is 1. The van der Waals surface area contributed by atoms with Crippen LogP contribution in [0.15, 0.2) is 24.8 Å². The van der Waals surface area contributed by atoms with Gasteiger partial charge in [-0.25, -0.2) is 0 Å². The Kier molecular flexibility index (Phi) is 3.71. The van der Waals surface area contributed by atoms with Crippen LogP contribution in [0.25, 0.3) is 0 Å². The minimum atomic E-state index is 0.775. The van der Waals surface area contributed by atoms with Gasteiger partial charge in [0, 0.05) is 13.1 Å². The predicted molar refractivity (Wildman–Crippen MR) is 57.8 cm³/mol. The Hall–Kier alpha value is -1.09. The topological polar surface area (TPSA) is 20.3 Å². The molecule has 0 aromatic carbocycles. The van der Waals surface area contributed by atoms with Crippen LogP contribution in [0, 0.1) is 0 Å². The van der Waals surface area contributed by atoms with Gasteiger partial charge in [0.2, 0.25) is 0 Å². The number of aldehydes is 1. The van der Waals surface area contributed by atoms with Gasteiger partial charge in [-0.15, -0.1) is 17.9 Å². The molecule has 0 aliphatic heterocycles. The zero-order valence-corrected chi connectivity index (χ0v) is 8.51. The second kappa shape index (κ2) is 4.82. The summed E-state index contributed by atoms with van der Waals surface area (Å²) in [6, 6.07) is 3.82. The molecule has 0 bridgehead atoms. The number of nitrogens with zero attached hydrogens (tertiary/aromatic N) is 1. The lowest BCUT2D eigenvalue weighted by molar-refractivity contribution is 0.112. The van der Waals surface area contributed by atoms with Gasteiger partial charge in [0.15, 0.2) is 6.29 Å². The molecule has 0 radical (unpaired) electrons. The molecule has 0 aliphatic rings. The standard InChI is InChI=1S/C10H13NOS/c1-3-7-11(4-2)10-6-5-9(8-12)13-10/h3,5-6,8H,1,4,7H2,2H3. The molecule has 2 nitrogen and oxygen atoms in total. The van der Waals surface area contributed by atoms with Crippen molar-refractivity contribution >= 4 is 22.6 Å². The molecule has 1 heterocycles. The molecule has 1 aromatic rings. The first-order valence-corrected chi connectivity index (χ1v) is 5.04. The Morgan fingerprint density at radius 2 is 2.38 bits per heavy atom. The first kappa shape index (κ1) is 9.99. The van der Waals surface area contributed by atoms with Gasteiger partial charge >= 0.3 is 0 Å². The van der Waals surface area contributed by atoms with Crippen molar-refractivity contribution in [2.75, 3.05) is 18.0 Å². The highest BCUT2D eigenvalue weighted by atomic mass is 32.1. The summed E-state index contributed by atoms with van der Waals surface area (Å²) in [4.78, 5) is 13.4. The van der Waals surface area contributed by atoms with Crippen molar-refractivity contribution in [2.45, 2.75) is 6.92 Å². The molecular weight excluding hydrogens is 182 g/mol. The van der Waals surface area contributed by atoms with Crippen molar-refractivity contribution in [3.8, 4) is 0 Å². The lowest BCUT2D eigenvalue weighted by Crippen LogP contribution is -2.21. The summed E-state index contributed by atoms with van der Waals surface area (Å²) in [6.45, 7) is 7.55. The number of carbonyl (C=O) groups is 1. The molecule has 0 unspecified atom stereocenters. The maximum Gasteiger partial charge on any atom is 0.160 e. The van der Waals surface area contributed by atoms with E-state index in [0.717, 1.165) is 29.3 Å². The van der Waals surface area contributed by atoms with Gasteiger partial charge in [-0.3, -0.25) is 4.79 Å². The Morgan fingerprint density at radius 3 is 2.85 bits per heavy atom. The van der Waals surface area contributed by atoms with Crippen molar-refractivity contribution in [3.63, 3.8) is 0 Å². The first-order valence-electron chi connectivity index (χ1n) is 4.22. The van der Waals surface area contributed by atoms with E-state index in [1.54, 1.807) is 0 Å². The molecule has 3 heteroatoms. The molecule has 1 rings (SSSR count). The number of hydrogen-bond acceptors (Lipinski definition) is 3. The highest BCUT2D eigenvalue weighted by molar-refractivity contribution is 7.17. The minimum Gasteiger partial charge on any atom is -0.360 e. The number of likely N-dealkylation sites (N-methyl/N-ethyl adjacent to an activating group) is 1. The van der Waals surface area contributed by atoms with Crippen LogP contribution >= 0.6 is 11.3 Å². The molecule has 0 saturated heterocycles. The van der Waals surface area contributed by atoms with Crippen molar-refractivity contribution in [3.05, 3.63) is 29.7 Å². The monoisotopic (exact) mass is 195 g/mol. The van der Waals surface area contributed by atoms with E-state index in [1.165, 1.54) is 11.3 Å². The summed E-state index contributed by atoms with van der Waals surface area (Å²) in [5, 5.41) is 1.13. The molecule has 0 spiro atoms. The molecular formula is C10H13NOS. The van der Waals surface area contributed by atoms with Crippen molar-refractivity contribution < 1.29 is 4.79 Å².